The Morgan fingerprint density at radius 2 is 2.00 bits per heavy atom. The van der Waals surface area contributed by atoms with Gasteiger partial charge in [-0.2, -0.15) is 23.5 Å². The van der Waals surface area contributed by atoms with Crippen LogP contribution in [-0.4, -0.2) is 10.7 Å². The minimum Gasteiger partial charge on any atom is -0.387 e. The lowest BCUT2D eigenvalue weighted by Gasteiger charge is -2.11. The molecule has 0 radical (unpaired) electrons. The standard InChI is InChI=1S/C10H7F3N4S/c11-10(12,13)6-3-1-2-4-7(6)16-17-8(5-14)9(15)18/h1-4,16H,(H2,15,18). The van der Waals surface area contributed by atoms with Gasteiger partial charge in [0.15, 0.2) is 5.71 Å². The number of nitrogens with two attached hydrogens (primary N) is 1. The van der Waals surface area contributed by atoms with E-state index < -0.39 is 11.7 Å². The van der Waals surface area contributed by atoms with Crippen molar-refractivity contribution in [1.82, 2.24) is 0 Å². The van der Waals surface area contributed by atoms with Crippen LogP contribution in [0, 0.1) is 11.3 Å². The fourth-order valence-electron chi connectivity index (χ4n) is 1.08. The molecule has 0 saturated carbocycles. The highest BCUT2D eigenvalue weighted by atomic mass is 32.1. The second-order valence-corrected chi connectivity index (χ2v) is 3.53. The molecule has 0 unspecified atom stereocenters. The summed E-state index contributed by atoms with van der Waals surface area (Å²) in [4.78, 5) is -0.297. The molecular formula is C10H7F3N4S. The monoisotopic (exact) mass is 272 g/mol. The predicted molar refractivity (Wildman–Crippen MR) is 64.9 cm³/mol. The van der Waals surface area contributed by atoms with Gasteiger partial charge in [-0.3, -0.25) is 5.43 Å². The summed E-state index contributed by atoms with van der Waals surface area (Å²) in [6.07, 6.45) is -4.52. The van der Waals surface area contributed by atoms with Gasteiger partial charge < -0.3 is 5.73 Å². The molecule has 8 heteroatoms. The second-order valence-electron chi connectivity index (χ2n) is 3.09. The minimum absolute atomic E-state index is 0.283. The Balaban J connectivity index is 3.07. The third-order valence-electron chi connectivity index (χ3n) is 1.86. The number of nitrogens with one attached hydrogen (secondary N) is 1. The Kier molecular flexibility index (Phi) is 4.23. The number of hydrazone groups is 1. The summed E-state index contributed by atoms with van der Waals surface area (Å²) in [6, 6.07) is 6.29. The average molecular weight is 272 g/mol. The van der Waals surface area contributed by atoms with E-state index in [1.54, 1.807) is 6.07 Å². The van der Waals surface area contributed by atoms with Crippen LogP contribution in [-0.2, 0) is 6.18 Å². The first-order chi connectivity index (χ1) is 8.36. The number of nitrogens with zero attached hydrogens (tertiary/aromatic N) is 2. The van der Waals surface area contributed by atoms with E-state index in [1.807, 2.05) is 0 Å². The number of thiocarbonyl (C=S) groups is 1. The Morgan fingerprint density at radius 3 is 2.50 bits per heavy atom. The van der Waals surface area contributed by atoms with Gasteiger partial charge in [-0.1, -0.05) is 24.4 Å². The van der Waals surface area contributed by atoms with Gasteiger partial charge in [-0.15, -0.1) is 0 Å². The molecule has 4 nitrogen and oxygen atoms in total. The van der Waals surface area contributed by atoms with E-state index in [0.29, 0.717) is 0 Å². The molecule has 0 bridgehead atoms. The van der Waals surface area contributed by atoms with Crippen molar-refractivity contribution in [1.29, 1.82) is 5.26 Å². The molecule has 1 aromatic rings. The van der Waals surface area contributed by atoms with E-state index >= 15 is 0 Å². The number of alkyl halides is 3. The van der Waals surface area contributed by atoms with Crippen LogP contribution in [0.4, 0.5) is 18.9 Å². The molecule has 0 saturated heterocycles. The minimum atomic E-state index is -4.52. The van der Waals surface area contributed by atoms with Crippen molar-refractivity contribution in [3.63, 3.8) is 0 Å². The summed E-state index contributed by atoms with van der Waals surface area (Å²) < 4.78 is 37.8. The smallest absolute Gasteiger partial charge is 0.387 e. The molecule has 0 aliphatic rings. The lowest BCUT2D eigenvalue weighted by Crippen LogP contribution is -2.20. The van der Waals surface area contributed by atoms with Gasteiger partial charge in [0.05, 0.1) is 11.3 Å². The first-order valence-electron chi connectivity index (χ1n) is 4.56. The average Bonchev–Trinajstić information content (AvgIpc) is 2.28. The van der Waals surface area contributed by atoms with Gasteiger partial charge in [-0.05, 0) is 12.1 Å². The first-order valence-corrected chi connectivity index (χ1v) is 4.97. The summed E-state index contributed by atoms with van der Waals surface area (Å²) >= 11 is 4.50. The highest BCUT2D eigenvalue weighted by Crippen LogP contribution is 2.34. The van der Waals surface area contributed by atoms with Gasteiger partial charge in [0.1, 0.15) is 11.1 Å². The normalized spacial score (nSPS) is 11.8. The molecule has 0 aromatic heterocycles. The number of hydrogen-bond acceptors (Lipinski definition) is 4. The zero-order valence-electron chi connectivity index (χ0n) is 8.82. The van der Waals surface area contributed by atoms with Gasteiger partial charge in [-0.25, -0.2) is 0 Å². The Morgan fingerprint density at radius 1 is 1.39 bits per heavy atom. The van der Waals surface area contributed by atoms with Crippen molar-refractivity contribution in [3.05, 3.63) is 29.8 Å². The fourth-order valence-corrected chi connectivity index (χ4v) is 1.17. The lowest BCUT2D eigenvalue weighted by molar-refractivity contribution is -0.136. The second kappa shape index (κ2) is 5.46. The number of rotatable bonds is 3. The summed E-state index contributed by atoms with van der Waals surface area (Å²) in [7, 11) is 0. The highest BCUT2D eigenvalue weighted by Gasteiger charge is 2.33. The molecule has 1 aromatic carbocycles. The third kappa shape index (κ3) is 3.43. The summed E-state index contributed by atoms with van der Waals surface area (Å²) in [5, 5.41) is 12.0. The van der Waals surface area contributed by atoms with Crippen LogP contribution in [0.3, 0.4) is 0 Å². The van der Waals surface area contributed by atoms with E-state index in [0.717, 1.165) is 6.07 Å². The zero-order valence-corrected chi connectivity index (χ0v) is 9.64. The number of hydrogen-bond donors (Lipinski definition) is 2. The Bertz CT molecular complexity index is 531. The van der Waals surface area contributed by atoms with E-state index in [2.05, 4.69) is 22.7 Å². The molecule has 0 aliphatic carbocycles. The molecule has 1 rings (SSSR count). The highest BCUT2D eigenvalue weighted by molar-refractivity contribution is 7.82. The third-order valence-corrected chi connectivity index (χ3v) is 2.05. The maximum atomic E-state index is 12.6. The fraction of sp³-hybridized carbons (Fsp3) is 0.100. The maximum absolute atomic E-state index is 12.6. The Labute approximate surface area is 106 Å². The molecule has 0 spiro atoms. The van der Waals surface area contributed by atoms with Crippen LogP contribution in [0.5, 0.6) is 0 Å². The number of benzene rings is 1. The number of para-hydroxylation sites is 1. The molecule has 0 atom stereocenters. The van der Waals surface area contributed by atoms with Gasteiger partial charge in [0.2, 0.25) is 0 Å². The van der Waals surface area contributed by atoms with Crippen LogP contribution in [0.2, 0.25) is 0 Å². The van der Waals surface area contributed by atoms with Crippen molar-refractivity contribution in [2.75, 3.05) is 5.43 Å². The molecular weight excluding hydrogens is 265 g/mol. The van der Waals surface area contributed by atoms with Crippen LogP contribution < -0.4 is 11.2 Å². The zero-order chi connectivity index (χ0) is 13.8. The van der Waals surface area contributed by atoms with Crippen molar-refractivity contribution in [3.8, 4) is 6.07 Å². The van der Waals surface area contributed by atoms with Crippen LogP contribution in [0.15, 0.2) is 29.4 Å². The molecule has 0 aliphatic heterocycles. The summed E-state index contributed by atoms with van der Waals surface area (Å²) in [5.74, 6) is 0. The van der Waals surface area contributed by atoms with Crippen molar-refractivity contribution in [2.24, 2.45) is 10.8 Å². The topological polar surface area (TPSA) is 74.2 Å². The van der Waals surface area contributed by atoms with Gasteiger partial charge in [0, 0.05) is 0 Å². The van der Waals surface area contributed by atoms with Crippen LogP contribution in [0.1, 0.15) is 5.56 Å². The van der Waals surface area contributed by atoms with Gasteiger partial charge >= 0.3 is 6.18 Å². The van der Waals surface area contributed by atoms with Crippen LogP contribution in [0.25, 0.3) is 0 Å². The van der Waals surface area contributed by atoms with Gasteiger partial charge in [0.25, 0.3) is 0 Å². The summed E-state index contributed by atoms with van der Waals surface area (Å²) in [6.45, 7) is 0. The van der Waals surface area contributed by atoms with Crippen LogP contribution >= 0.6 is 12.2 Å². The van der Waals surface area contributed by atoms with E-state index in [9.17, 15) is 13.2 Å². The molecule has 0 fully saturated rings. The predicted octanol–water partition coefficient (Wildman–Crippen LogP) is 2.28. The maximum Gasteiger partial charge on any atom is 0.418 e. The molecule has 0 heterocycles. The number of anilines is 1. The number of halogens is 3. The van der Waals surface area contributed by atoms with Crippen molar-refractivity contribution < 1.29 is 13.2 Å². The van der Waals surface area contributed by atoms with E-state index in [4.69, 9.17) is 11.0 Å². The SMILES string of the molecule is N#CC(=NNc1ccccc1C(F)(F)F)C(N)=S. The molecule has 94 valence electrons. The van der Waals surface area contributed by atoms with Crippen molar-refractivity contribution >= 4 is 28.6 Å². The van der Waals surface area contributed by atoms with Crippen molar-refractivity contribution in [2.45, 2.75) is 6.18 Å². The quantitative estimate of drug-likeness (QED) is 0.503. The molecule has 18 heavy (non-hydrogen) atoms. The largest absolute Gasteiger partial charge is 0.418 e. The Hall–Kier alpha value is -2.14. The molecule has 0 amide bonds. The molecule has 3 N–H and O–H groups in total. The first kappa shape index (κ1) is 13.9. The lowest BCUT2D eigenvalue weighted by atomic mass is 10.2. The summed E-state index contributed by atoms with van der Waals surface area (Å²) in [5.41, 5.74) is 5.76. The van der Waals surface area contributed by atoms with E-state index in [-0.39, 0.29) is 16.4 Å². The number of nitriles is 1. The van der Waals surface area contributed by atoms with E-state index in [1.165, 1.54) is 18.2 Å².